The highest BCUT2D eigenvalue weighted by Crippen LogP contribution is 2.21. The highest BCUT2D eigenvalue weighted by Gasteiger charge is 2.21. The van der Waals surface area contributed by atoms with Crippen LogP contribution in [0.25, 0.3) is 0 Å². The first-order valence-corrected chi connectivity index (χ1v) is 8.70. The van der Waals surface area contributed by atoms with Crippen LogP contribution in [-0.2, 0) is 11.8 Å². The van der Waals surface area contributed by atoms with Crippen LogP contribution < -0.4 is 10.1 Å². The predicted octanol–water partition coefficient (Wildman–Crippen LogP) is 3.05. The maximum absolute atomic E-state index is 13.3. The molecule has 1 atom stereocenters. The average molecular weight is 381 g/mol. The zero-order valence-corrected chi connectivity index (χ0v) is 15.6. The molecule has 1 N–H and O–H groups in total. The number of amides is 1. The molecule has 7 heteroatoms. The van der Waals surface area contributed by atoms with Crippen LogP contribution in [0.3, 0.4) is 0 Å². The number of ether oxygens (including phenoxy) is 1. The monoisotopic (exact) mass is 381 g/mol. The fourth-order valence-corrected chi connectivity index (χ4v) is 2.76. The second-order valence-electron chi connectivity index (χ2n) is 6.32. The lowest BCUT2D eigenvalue weighted by Crippen LogP contribution is -2.34. The molecule has 0 bridgehead atoms. The molecule has 0 spiro atoms. The Balaban J connectivity index is 1.73. The number of ketones is 1. The highest BCUT2D eigenvalue weighted by atomic mass is 19.1. The summed E-state index contributed by atoms with van der Waals surface area (Å²) in [5.74, 6) is 0.227. The summed E-state index contributed by atoms with van der Waals surface area (Å²) in [6.07, 6.45) is 3.39. The first-order valence-electron chi connectivity index (χ1n) is 8.70. The van der Waals surface area contributed by atoms with Crippen LogP contribution in [0.5, 0.6) is 5.75 Å². The van der Waals surface area contributed by atoms with Crippen LogP contribution in [-0.4, -0.2) is 27.8 Å². The number of carbonyl (C=O) groups excluding carboxylic acids is 2. The van der Waals surface area contributed by atoms with Crippen molar-refractivity contribution in [1.82, 2.24) is 14.9 Å². The molecule has 28 heavy (non-hydrogen) atoms. The smallest absolute Gasteiger partial charge is 0.258 e. The fourth-order valence-electron chi connectivity index (χ4n) is 2.76. The summed E-state index contributed by atoms with van der Waals surface area (Å²) < 4.78 is 20.6. The van der Waals surface area contributed by atoms with E-state index in [-0.39, 0.29) is 24.1 Å². The Hall–Kier alpha value is -3.48. The minimum Gasteiger partial charge on any atom is -0.484 e. The molecule has 0 aliphatic rings. The van der Waals surface area contributed by atoms with Crippen LogP contribution in [0, 0.1) is 5.82 Å². The van der Waals surface area contributed by atoms with Crippen LogP contribution in [0.4, 0.5) is 4.39 Å². The minimum atomic E-state index is -0.555. The van der Waals surface area contributed by atoms with Crippen molar-refractivity contribution >= 4 is 11.7 Å². The molecular formula is C21H20FN3O3. The van der Waals surface area contributed by atoms with E-state index < -0.39 is 6.04 Å². The van der Waals surface area contributed by atoms with Gasteiger partial charge in [-0.15, -0.1) is 0 Å². The van der Waals surface area contributed by atoms with E-state index in [1.807, 2.05) is 7.05 Å². The molecule has 0 fully saturated rings. The van der Waals surface area contributed by atoms with Gasteiger partial charge in [-0.25, -0.2) is 9.37 Å². The molecule has 0 saturated carbocycles. The van der Waals surface area contributed by atoms with E-state index in [2.05, 4.69) is 10.3 Å². The Labute approximate surface area is 162 Å². The number of nitrogens with one attached hydrogen (secondary N) is 1. The van der Waals surface area contributed by atoms with Crippen molar-refractivity contribution in [2.24, 2.45) is 7.05 Å². The number of hydrogen-bond acceptors (Lipinski definition) is 4. The zero-order valence-electron chi connectivity index (χ0n) is 15.6. The number of nitrogens with zero attached hydrogens (tertiary/aromatic N) is 2. The van der Waals surface area contributed by atoms with Gasteiger partial charge in [0.1, 0.15) is 23.4 Å². The van der Waals surface area contributed by atoms with Gasteiger partial charge < -0.3 is 14.6 Å². The van der Waals surface area contributed by atoms with E-state index in [1.54, 1.807) is 53.4 Å². The third-order valence-corrected chi connectivity index (χ3v) is 4.24. The van der Waals surface area contributed by atoms with Gasteiger partial charge >= 0.3 is 0 Å². The summed E-state index contributed by atoms with van der Waals surface area (Å²) in [7, 11) is 1.81. The summed E-state index contributed by atoms with van der Waals surface area (Å²) in [6.45, 7) is 1.23. The van der Waals surface area contributed by atoms with Gasteiger partial charge in [-0.2, -0.15) is 0 Å². The number of Topliss-reactive ketones (excluding diaryl/α,β-unsaturated/α-hetero) is 1. The Morgan fingerprint density at radius 3 is 2.61 bits per heavy atom. The Morgan fingerprint density at radius 1 is 1.21 bits per heavy atom. The van der Waals surface area contributed by atoms with Gasteiger partial charge in [0, 0.05) is 25.0 Å². The van der Waals surface area contributed by atoms with Crippen molar-refractivity contribution in [3.8, 4) is 5.75 Å². The maximum atomic E-state index is 13.3. The molecule has 0 saturated heterocycles. The molecule has 1 amide bonds. The lowest BCUT2D eigenvalue weighted by Gasteiger charge is -2.19. The molecule has 1 unspecified atom stereocenters. The number of halogens is 1. The molecule has 0 aliphatic heterocycles. The molecule has 144 valence electrons. The van der Waals surface area contributed by atoms with E-state index in [0.29, 0.717) is 22.7 Å². The van der Waals surface area contributed by atoms with E-state index >= 15 is 0 Å². The van der Waals surface area contributed by atoms with Crippen LogP contribution in [0.15, 0.2) is 60.9 Å². The van der Waals surface area contributed by atoms with Gasteiger partial charge in [0.05, 0.1) is 0 Å². The summed E-state index contributed by atoms with van der Waals surface area (Å²) in [5.41, 5.74) is 1.21. The number of hydrogen-bond donors (Lipinski definition) is 1. The quantitative estimate of drug-likeness (QED) is 0.639. The van der Waals surface area contributed by atoms with E-state index in [0.717, 1.165) is 0 Å². The second kappa shape index (κ2) is 8.47. The molecule has 0 aliphatic carbocycles. The topological polar surface area (TPSA) is 73.2 Å². The summed E-state index contributed by atoms with van der Waals surface area (Å²) >= 11 is 0. The molecule has 3 rings (SSSR count). The molecular weight excluding hydrogens is 361 g/mol. The molecule has 2 aromatic carbocycles. The lowest BCUT2D eigenvalue weighted by molar-refractivity contribution is -0.123. The zero-order chi connectivity index (χ0) is 20.1. The normalized spacial score (nSPS) is 11.7. The first-order chi connectivity index (χ1) is 13.4. The van der Waals surface area contributed by atoms with Gasteiger partial charge in [0.25, 0.3) is 5.91 Å². The van der Waals surface area contributed by atoms with E-state index in [4.69, 9.17) is 4.74 Å². The van der Waals surface area contributed by atoms with Crippen molar-refractivity contribution in [2.45, 2.75) is 13.0 Å². The number of aromatic nitrogens is 2. The molecule has 1 aromatic heterocycles. The van der Waals surface area contributed by atoms with Crippen LogP contribution in [0.2, 0.25) is 0 Å². The lowest BCUT2D eigenvalue weighted by atomic mass is 10.1. The first kappa shape index (κ1) is 19.3. The van der Waals surface area contributed by atoms with Gasteiger partial charge in [0.2, 0.25) is 0 Å². The second-order valence-corrected chi connectivity index (χ2v) is 6.32. The van der Waals surface area contributed by atoms with Gasteiger partial charge in [0.15, 0.2) is 12.4 Å². The summed E-state index contributed by atoms with van der Waals surface area (Å²) in [4.78, 5) is 28.2. The van der Waals surface area contributed by atoms with Crippen LogP contribution >= 0.6 is 0 Å². The Bertz CT molecular complexity index is 983. The summed E-state index contributed by atoms with van der Waals surface area (Å²) in [6, 6.07) is 12.0. The van der Waals surface area contributed by atoms with Gasteiger partial charge in [-0.1, -0.05) is 24.3 Å². The number of rotatable bonds is 7. The van der Waals surface area contributed by atoms with Crippen molar-refractivity contribution in [3.05, 3.63) is 83.7 Å². The van der Waals surface area contributed by atoms with E-state index in [1.165, 1.54) is 19.1 Å². The standard InChI is InChI=1S/C21H20FN3O3/c1-14(26)16-4-3-5-18(12-16)28-13-19(27)24-20(21-23-10-11-25(21)2)15-6-8-17(22)9-7-15/h3-12,20H,13H2,1-2H3,(H,24,27). The van der Waals surface area contributed by atoms with Crippen molar-refractivity contribution in [2.75, 3.05) is 6.61 Å². The molecule has 6 nitrogen and oxygen atoms in total. The summed E-state index contributed by atoms with van der Waals surface area (Å²) in [5, 5.41) is 2.87. The van der Waals surface area contributed by atoms with Crippen molar-refractivity contribution < 1.29 is 18.7 Å². The Kier molecular flexibility index (Phi) is 5.84. The number of imidazole rings is 1. The number of aryl methyl sites for hydroxylation is 1. The number of carbonyl (C=O) groups is 2. The third kappa shape index (κ3) is 4.62. The molecule has 3 aromatic rings. The fraction of sp³-hybridized carbons (Fsp3) is 0.190. The van der Waals surface area contributed by atoms with Gasteiger partial charge in [-0.3, -0.25) is 9.59 Å². The van der Waals surface area contributed by atoms with Crippen molar-refractivity contribution in [1.29, 1.82) is 0 Å². The van der Waals surface area contributed by atoms with Gasteiger partial charge in [-0.05, 0) is 36.8 Å². The average Bonchev–Trinajstić information content (AvgIpc) is 3.11. The maximum Gasteiger partial charge on any atom is 0.258 e. The van der Waals surface area contributed by atoms with E-state index in [9.17, 15) is 14.0 Å². The predicted molar refractivity (Wildman–Crippen MR) is 102 cm³/mol. The third-order valence-electron chi connectivity index (χ3n) is 4.24. The highest BCUT2D eigenvalue weighted by molar-refractivity contribution is 5.94. The largest absolute Gasteiger partial charge is 0.484 e. The number of benzene rings is 2. The van der Waals surface area contributed by atoms with Crippen LogP contribution in [0.1, 0.15) is 34.7 Å². The van der Waals surface area contributed by atoms with Crippen molar-refractivity contribution in [3.63, 3.8) is 0 Å². The minimum absolute atomic E-state index is 0.0824. The Morgan fingerprint density at radius 2 is 1.96 bits per heavy atom. The molecule has 1 heterocycles. The SMILES string of the molecule is CC(=O)c1cccc(OCC(=O)NC(c2ccc(F)cc2)c2nccn2C)c1. The molecule has 0 radical (unpaired) electrons.